The normalized spacial score (nSPS) is 17.2. The highest BCUT2D eigenvalue weighted by Crippen LogP contribution is 2.32. The van der Waals surface area contributed by atoms with Gasteiger partial charge in [-0.15, -0.1) is 0 Å². The maximum atomic E-state index is 12.3. The third-order valence-corrected chi connectivity index (χ3v) is 3.28. The summed E-state index contributed by atoms with van der Waals surface area (Å²) in [6.07, 6.45) is 6.28. The third kappa shape index (κ3) is 4.65. The molecule has 0 N–H and O–H groups in total. The van der Waals surface area contributed by atoms with Gasteiger partial charge in [0.25, 0.3) is 0 Å². The van der Waals surface area contributed by atoms with E-state index in [9.17, 15) is 4.79 Å². The Morgan fingerprint density at radius 2 is 1.83 bits per heavy atom. The fourth-order valence-corrected chi connectivity index (χ4v) is 1.80. The Bertz CT molecular complexity index is 352. The number of carbonyl (C=O) groups is 1. The van der Waals surface area contributed by atoms with Gasteiger partial charge in [-0.05, 0) is 53.8 Å². The van der Waals surface area contributed by atoms with Crippen molar-refractivity contribution in [3.05, 3.63) is 23.4 Å². The van der Waals surface area contributed by atoms with E-state index in [1.807, 2.05) is 32.8 Å². The van der Waals surface area contributed by atoms with E-state index >= 15 is 0 Å². The Hall–Kier alpha value is -1.09. The van der Waals surface area contributed by atoms with Crippen LogP contribution in [0.4, 0.5) is 0 Å². The molecule has 1 saturated carbocycles. The van der Waals surface area contributed by atoms with Crippen molar-refractivity contribution in [3.63, 3.8) is 0 Å². The van der Waals surface area contributed by atoms with E-state index in [0.29, 0.717) is 5.91 Å². The molecule has 1 aliphatic rings. The molecule has 3 heteroatoms. The van der Waals surface area contributed by atoms with Crippen molar-refractivity contribution in [1.29, 1.82) is 0 Å². The van der Waals surface area contributed by atoms with Crippen LogP contribution in [0, 0.1) is 5.92 Å². The zero-order chi connectivity index (χ0) is 13.7. The van der Waals surface area contributed by atoms with E-state index in [1.54, 1.807) is 0 Å². The lowest BCUT2D eigenvalue weighted by Gasteiger charge is -2.25. The van der Waals surface area contributed by atoms with Gasteiger partial charge >= 0.3 is 0 Å². The maximum Gasteiger partial charge on any atom is 0.229 e. The predicted octanol–water partition coefficient (Wildman–Crippen LogP) is 2.66. The number of nitrogens with zero attached hydrogens (tertiary/aromatic N) is 2. The average Bonchev–Trinajstić information content (AvgIpc) is 3.12. The van der Waals surface area contributed by atoms with Crippen molar-refractivity contribution in [2.24, 2.45) is 5.92 Å². The fraction of sp³-hybridized carbons (Fsp3) is 0.667. The van der Waals surface area contributed by atoms with Crippen LogP contribution in [0.25, 0.3) is 0 Å². The molecule has 18 heavy (non-hydrogen) atoms. The Labute approximate surface area is 111 Å². The largest absolute Gasteiger partial charge is 0.315 e. The lowest BCUT2D eigenvalue weighted by atomic mass is 10.2. The van der Waals surface area contributed by atoms with Crippen LogP contribution in [-0.2, 0) is 4.79 Å². The van der Waals surface area contributed by atoms with Crippen LogP contribution in [-0.4, -0.2) is 42.9 Å². The number of hydrogen-bond donors (Lipinski definition) is 0. The molecule has 0 radical (unpaired) electrons. The van der Waals surface area contributed by atoms with E-state index in [2.05, 4.69) is 24.0 Å². The summed E-state index contributed by atoms with van der Waals surface area (Å²) in [7, 11) is 4.08. The molecule has 1 rings (SSSR count). The summed E-state index contributed by atoms with van der Waals surface area (Å²) in [6.45, 7) is 7.80. The van der Waals surface area contributed by atoms with Gasteiger partial charge in [0.05, 0.1) is 0 Å². The second-order valence-corrected chi connectivity index (χ2v) is 5.39. The van der Waals surface area contributed by atoms with Crippen LogP contribution in [0.5, 0.6) is 0 Å². The van der Waals surface area contributed by atoms with Crippen LogP contribution < -0.4 is 0 Å². The molecular formula is C15H26N2O. The van der Waals surface area contributed by atoms with Gasteiger partial charge in [0.15, 0.2) is 0 Å². The number of likely N-dealkylation sites (N-methyl/N-ethyl adjacent to an activating group) is 1. The standard InChI is InChI=1S/C15H26N2O/c1-6-12(2)11-13(3)17(10-9-16(4)5)15(18)14-7-8-14/h6,11,14H,7-10H2,1-5H3/b12-6-,13-11+. The highest BCUT2D eigenvalue weighted by molar-refractivity contribution is 5.82. The van der Waals surface area contributed by atoms with Gasteiger partial charge in [0.2, 0.25) is 5.91 Å². The first-order valence-electron chi connectivity index (χ1n) is 6.73. The predicted molar refractivity (Wildman–Crippen MR) is 76.2 cm³/mol. The van der Waals surface area contributed by atoms with Crippen molar-refractivity contribution in [1.82, 2.24) is 9.80 Å². The van der Waals surface area contributed by atoms with E-state index in [0.717, 1.165) is 31.6 Å². The van der Waals surface area contributed by atoms with Gasteiger partial charge in [-0.3, -0.25) is 4.79 Å². The number of rotatable bonds is 6. The molecule has 0 aliphatic heterocycles. The first kappa shape index (κ1) is 15.0. The monoisotopic (exact) mass is 250 g/mol. The number of allylic oxidation sites excluding steroid dienone is 4. The minimum Gasteiger partial charge on any atom is -0.315 e. The SMILES string of the molecule is C/C=C(C)\C=C(/C)N(CCN(C)C)C(=O)C1CC1. The number of amides is 1. The zero-order valence-electron chi connectivity index (χ0n) is 12.4. The lowest BCUT2D eigenvalue weighted by molar-refractivity contribution is -0.130. The maximum absolute atomic E-state index is 12.3. The quantitative estimate of drug-likeness (QED) is 0.677. The molecule has 0 aromatic rings. The van der Waals surface area contributed by atoms with Gasteiger partial charge in [-0.1, -0.05) is 11.6 Å². The smallest absolute Gasteiger partial charge is 0.229 e. The van der Waals surface area contributed by atoms with Gasteiger partial charge in [0, 0.05) is 24.7 Å². The molecule has 3 nitrogen and oxygen atoms in total. The fourth-order valence-electron chi connectivity index (χ4n) is 1.80. The van der Waals surface area contributed by atoms with Crippen LogP contribution in [0.2, 0.25) is 0 Å². The number of carbonyl (C=O) groups excluding carboxylic acids is 1. The first-order chi connectivity index (χ1) is 8.45. The Balaban J connectivity index is 2.75. The molecular weight excluding hydrogens is 224 g/mol. The van der Waals surface area contributed by atoms with Crippen molar-refractivity contribution >= 4 is 5.91 Å². The molecule has 1 aliphatic carbocycles. The molecule has 0 saturated heterocycles. The summed E-state index contributed by atoms with van der Waals surface area (Å²) >= 11 is 0. The Kier molecular flexibility index (Phi) is 5.60. The van der Waals surface area contributed by atoms with E-state index < -0.39 is 0 Å². The van der Waals surface area contributed by atoms with Crippen molar-refractivity contribution < 1.29 is 4.79 Å². The second-order valence-electron chi connectivity index (χ2n) is 5.39. The van der Waals surface area contributed by atoms with Gasteiger partial charge in [-0.2, -0.15) is 0 Å². The van der Waals surface area contributed by atoms with Crippen molar-refractivity contribution in [2.45, 2.75) is 33.6 Å². The second kappa shape index (κ2) is 6.74. The van der Waals surface area contributed by atoms with Gasteiger partial charge in [-0.25, -0.2) is 0 Å². The minimum absolute atomic E-state index is 0.279. The molecule has 0 spiro atoms. The summed E-state index contributed by atoms with van der Waals surface area (Å²) in [5.41, 5.74) is 2.26. The van der Waals surface area contributed by atoms with E-state index in [-0.39, 0.29) is 5.92 Å². The first-order valence-corrected chi connectivity index (χ1v) is 6.73. The lowest BCUT2D eigenvalue weighted by Crippen LogP contribution is -2.36. The van der Waals surface area contributed by atoms with Crippen LogP contribution in [0.15, 0.2) is 23.4 Å². The molecule has 0 unspecified atom stereocenters. The Morgan fingerprint density at radius 3 is 2.28 bits per heavy atom. The molecule has 0 heterocycles. The molecule has 1 amide bonds. The molecule has 0 aromatic heterocycles. The average molecular weight is 250 g/mol. The summed E-state index contributed by atoms with van der Waals surface area (Å²) < 4.78 is 0. The molecule has 1 fully saturated rings. The topological polar surface area (TPSA) is 23.6 Å². The summed E-state index contributed by atoms with van der Waals surface area (Å²) in [4.78, 5) is 16.3. The Morgan fingerprint density at radius 1 is 1.22 bits per heavy atom. The van der Waals surface area contributed by atoms with Crippen LogP contribution in [0.1, 0.15) is 33.6 Å². The molecule has 0 atom stereocenters. The van der Waals surface area contributed by atoms with Gasteiger partial charge in [0.1, 0.15) is 0 Å². The van der Waals surface area contributed by atoms with E-state index in [4.69, 9.17) is 0 Å². The molecule has 102 valence electrons. The summed E-state index contributed by atoms with van der Waals surface area (Å²) in [6, 6.07) is 0. The molecule has 0 aromatic carbocycles. The highest BCUT2D eigenvalue weighted by Gasteiger charge is 2.33. The third-order valence-electron chi connectivity index (χ3n) is 3.28. The van der Waals surface area contributed by atoms with Crippen LogP contribution in [0.3, 0.4) is 0 Å². The summed E-state index contributed by atoms with van der Waals surface area (Å²) in [5.74, 6) is 0.580. The van der Waals surface area contributed by atoms with Gasteiger partial charge < -0.3 is 9.80 Å². The molecule has 0 bridgehead atoms. The van der Waals surface area contributed by atoms with Crippen LogP contribution >= 0.6 is 0 Å². The minimum atomic E-state index is 0.279. The zero-order valence-corrected chi connectivity index (χ0v) is 12.4. The van der Waals surface area contributed by atoms with Crippen molar-refractivity contribution in [3.8, 4) is 0 Å². The van der Waals surface area contributed by atoms with E-state index in [1.165, 1.54) is 5.57 Å². The highest BCUT2D eigenvalue weighted by atomic mass is 16.2. The summed E-state index contributed by atoms with van der Waals surface area (Å²) in [5, 5.41) is 0. The number of hydrogen-bond acceptors (Lipinski definition) is 2. The van der Waals surface area contributed by atoms with Crippen molar-refractivity contribution in [2.75, 3.05) is 27.2 Å².